The topological polar surface area (TPSA) is 93.6 Å². The Hall–Kier alpha value is -2.71. The van der Waals surface area contributed by atoms with Crippen molar-refractivity contribution < 1.29 is 9.90 Å². The van der Waals surface area contributed by atoms with Gasteiger partial charge in [-0.3, -0.25) is 4.79 Å². The molecule has 4 rings (SSSR count). The molecule has 2 aliphatic heterocycles. The van der Waals surface area contributed by atoms with Gasteiger partial charge in [-0.1, -0.05) is 18.2 Å². The number of benzene rings is 1. The molecule has 1 aromatic carbocycles. The first-order valence-electron chi connectivity index (χ1n) is 9.55. The Morgan fingerprint density at radius 2 is 2.04 bits per heavy atom. The Labute approximate surface area is 164 Å². The third-order valence-electron chi connectivity index (χ3n) is 5.40. The molecule has 2 aromatic rings. The first kappa shape index (κ1) is 18.6. The van der Waals surface area contributed by atoms with E-state index in [0.29, 0.717) is 19.5 Å². The second-order valence-electron chi connectivity index (χ2n) is 7.61. The molecule has 28 heavy (non-hydrogen) atoms. The molecule has 148 valence electrons. The van der Waals surface area contributed by atoms with Gasteiger partial charge in [0.05, 0.1) is 18.3 Å². The number of carbonyl (C=O) groups is 1. The minimum Gasteiger partial charge on any atom is -0.508 e. The van der Waals surface area contributed by atoms with Crippen LogP contribution in [-0.2, 0) is 17.8 Å². The fourth-order valence-corrected chi connectivity index (χ4v) is 4.01. The number of aromatic hydroxyl groups is 1. The van der Waals surface area contributed by atoms with Gasteiger partial charge in [0, 0.05) is 31.8 Å². The van der Waals surface area contributed by atoms with E-state index in [0.717, 1.165) is 34.9 Å². The minimum atomic E-state index is -0.331. The number of hydrogen-bond acceptors (Lipinski definition) is 7. The van der Waals surface area contributed by atoms with Crippen molar-refractivity contribution in [2.75, 3.05) is 25.5 Å². The van der Waals surface area contributed by atoms with Crippen LogP contribution in [0.4, 0.5) is 5.82 Å². The number of aromatic nitrogens is 2. The van der Waals surface area contributed by atoms with Gasteiger partial charge in [-0.15, -0.1) is 0 Å². The molecule has 1 fully saturated rings. The number of hydrogen-bond donors (Lipinski definition) is 3. The molecular formula is C20H26N6O2. The van der Waals surface area contributed by atoms with Crippen LogP contribution in [0.1, 0.15) is 35.1 Å². The number of aryl methyl sites for hydroxylation is 1. The van der Waals surface area contributed by atoms with Crippen molar-refractivity contribution in [3.05, 3.63) is 46.9 Å². The van der Waals surface area contributed by atoms with Crippen molar-refractivity contribution in [3.8, 4) is 5.75 Å². The summed E-state index contributed by atoms with van der Waals surface area (Å²) < 4.78 is 0. The lowest BCUT2D eigenvalue weighted by atomic mass is 9.99. The average Bonchev–Trinajstić information content (AvgIpc) is 3.16. The Bertz CT molecular complexity index is 900. The maximum absolute atomic E-state index is 13.1. The van der Waals surface area contributed by atoms with Crippen molar-refractivity contribution in [2.24, 2.45) is 0 Å². The van der Waals surface area contributed by atoms with Crippen LogP contribution in [0.3, 0.4) is 0 Å². The van der Waals surface area contributed by atoms with Crippen molar-refractivity contribution in [2.45, 2.75) is 38.4 Å². The van der Waals surface area contributed by atoms with Gasteiger partial charge in [-0.25, -0.2) is 20.8 Å². The SMILES string of the molecule is Cc1nc2c(c(N(C)C)n1)CCN(C(=O)C1CC(c3ccccc3O)NN1)C2. The molecule has 0 radical (unpaired) electrons. The normalized spacial score (nSPS) is 21.5. The van der Waals surface area contributed by atoms with E-state index < -0.39 is 0 Å². The predicted octanol–water partition coefficient (Wildman–Crippen LogP) is 1.05. The second kappa shape index (κ2) is 7.37. The number of anilines is 1. The fourth-order valence-electron chi connectivity index (χ4n) is 4.01. The number of nitrogens with zero attached hydrogens (tertiary/aromatic N) is 4. The van der Waals surface area contributed by atoms with Crippen LogP contribution in [0.5, 0.6) is 5.75 Å². The van der Waals surface area contributed by atoms with Gasteiger partial charge in [0.1, 0.15) is 23.4 Å². The smallest absolute Gasteiger partial charge is 0.241 e. The highest BCUT2D eigenvalue weighted by atomic mass is 16.3. The van der Waals surface area contributed by atoms with Gasteiger partial charge in [-0.05, 0) is 25.8 Å². The maximum atomic E-state index is 13.1. The van der Waals surface area contributed by atoms with E-state index in [9.17, 15) is 9.90 Å². The monoisotopic (exact) mass is 382 g/mol. The van der Waals surface area contributed by atoms with E-state index in [1.807, 2.05) is 43.0 Å². The number of para-hydroxylation sites is 1. The molecule has 0 spiro atoms. The summed E-state index contributed by atoms with van der Waals surface area (Å²) >= 11 is 0. The van der Waals surface area contributed by atoms with Crippen molar-refractivity contribution in [1.82, 2.24) is 25.7 Å². The van der Waals surface area contributed by atoms with Crippen LogP contribution in [0, 0.1) is 6.92 Å². The number of amides is 1. The Balaban J connectivity index is 1.48. The van der Waals surface area contributed by atoms with Crippen molar-refractivity contribution in [1.29, 1.82) is 0 Å². The van der Waals surface area contributed by atoms with Gasteiger partial charge in [0.2, 0.25) is 5.91 Å². The minimum absolute atomic E-state index is 0.0544. The fraction of sp³-hybridized carbons (Fsp3) is 0.450. The molecule has 0 saturated carbocycles. The van der Waals surface area contributed by atoms with E-state index >= 15 is 0 Å². The quantitative estimate of drug-likeness (QED) is 0.731. The maximum Gasteiger partial charge on any atom is 0.241 e. The lowest BCUT2D eigenvalue weighted by molar-refractivity contribution is -0.134. The van der Waals surface area contributed by atoms with Gasteiger partial charge in [0.15, 0.2) is 0 Å². The van der Waals surface area contributed by atoms with E-state index in [4.69, 9.17) is 0 Å². The molecule has 3 heterocycles. The van der Waals surface area contributed by atoms with Crippen LogP contribution in [0.2, 0.25) is 0 Å². The number of carbonyl (C=O) groups excluding carboxylic acids is 1. The molecule has 1 saturated heterocycles. The summed E-state index contributed by atoms with van der Waals surface area (Å²) in [6.45, 7) is 3.03. The number of rotatable bonds is 3. The molecule has 2 aliphatic rings. The highest BCUT2D eigenvalue weighted by molar-refractivity contribution is 5.82. The molecule has 2 unspecified atom stereocenters. The average molecular weight is 382 g/mol. The molecule has 3 N–H and O–H groups in total. The van der Waals surface area contributed by atoms with Crippen molar-refractivity contribution in [3.63, 3.8) is 0 Å². The summed E-state index contributed by atoms with van der Waals surface area (Å²) in [5, 5.41) is 10.1. The molecular weight excluding hydrogens is 356 g/mol. The highest BCUT2D eigenvalue weighted by Crippen LogP contribution is 2.31. The number of phenols is 1. The van der Waals surface area contributed by atoms with E-state index in [1.165, 1.54) is 0 Å². The molecule has 2 atom stereocenters. The largest absolute Gasteiger partial charge is 0.508 e. The predicted molar refractivity (Wildman–Crippen MR) is 106 cm³/mol. The van der Waals surface area contributed by atoms with Crippen LogP contribution in [-0.4, -0.2) is 52.6 Å². The van der Waals surface area contributed by atoms with E-state index in [-0.39, 0.29) is 23.7 Å². The van der Waals surface area contributed by atoms with Crippen LogP contribution in [0.15, 0.2) is 24.3 Å². The first-order chi connectivity index (χ1) is 13.4. The number of nitrogens with one attached hydrogen (secondary N) is 2. The summed E-state index contributed by atoms with van der Waals surface area (Å²) in [4.78, 5) is 26.1. The number of phenolic OH excluding ortho intramolecular Hbond substituents is 1. The van der Waals surface area contributed by atoms with Crippen LogP contribution >= 0.6 is 0 Å². The summed E-state index contributed by atoms with van der Waals surface area (Å²) in [7, 11) is 3.96. The molecule has 8 nitrogen and oxygen atoms in total. The van der Waals surface area contributed by atoms with Gasteiger partial charge in [-0.2, -0.15) is 0 Å². The first-order valence-corrected chi connectivity index (χ1v) is 9.55. The number of fused-ring (bicyclic) bond motifs is 1. The summed E-state index contributed by atoms with van der Waals surface area (Å²) in [6, 6.07) is 6.79. The van der Waals surface area contributed by atoms with E-state index in [1.54, 1.807) is 12.1 Å². The van der Waals surface area contributed by atoms with Crippen molar-refractivity contribution >= 4 is 11.7 Å². The van der Waals surface area contributed by atoms with Crippen LogP contribution < -0.4 is 15.8 Å². The second-order valence-corrected chi connectivity index (χ2v) is 7.61. The zero-order valence-electron chi connectivity index (χ0n) is 16.4. The Morgan fingerprint density at radius 3 is 2.79 bits per heavy atom. The zero-order valence-corrected chi connectivity index (χ0v) is 16.4. The standard InChI is InChI=1S/C20H26N6O2/c1-12-21-17-11-26(9-8-14(17)19(22-12)25(2)3)20(28)16-10-15(23-24-16)13-6-4-5-7-18(13)27/h4-7,15-16,23-24,27H,8-11H2,1-3H3. The lowest BCUT2D eigenvalue weighted by Gasteiger charge is -2.32. The van der Waals surface area contributed by atoms with E-state index in [2.05, 4.69) is 20.8 Å². The van der Waals surface area contributed by atoms with Gasteiger partial charge >= 0.3 is 0 Å². The van der Waals surface area contributed by atoms with Gasteiger partial charge in [0.25, 0.3) is 0 Å². The summed E-state index contributed by atoms with van der Waals surface area (Å²) in [5.74, 6) is 1.95. The third-order valence-corrected chi connectivity index (χ3v) is 5.40. The molecule has 8 heteroatoms. The lowest BCUT2D eigenvalue weighted by Crippen LogP contribution is -2.47. The summed E-state index contributed by atoms with van der Waals surface area (Å²) in [6.07, 6.45) is 1.34. The van der Waals surface area contributed by atoms with Crippen LogP contribution in [0.25, 0.3) is 0 Å². The molecule has 0 aliphatic carbocycles. The molecule has 1 amide bonds. The Kier molecular flexibility index (Phi) is 4.91. The number of hydrazine groups is 1. The molecule has 1 aromatic heterocycles. The summed E-state index contributed by atoms with van der Waals surface area (Å²) in [5.41, 5.74) is 9.11. The van der Waals surface area contributed by atoms with Gasteiger partial charge < -0.3 is 14.9 Å². The third kappa shape index (κ3) is 3.41. The highest BCUT2D eigenvalue weighted by Gasteiger charge is 2.35. The zero-order chi connectivity index (χ0) is 19.8. The molecule has 0 bridgehead atoms. The Morgan fingerprint density at radius 1 is 1.25 bits per heavy atom.